The lowest BCUT2D eigenvalue weighted by Gasteiger charge is -2.51. The second-order valence-corrected chi connectivity index (χ2v) is 31.4. The van der Waals surface area contributed by atoms with E-state index >= 15 is 0 Å². The average Bonchev–Trinajstić information content (AvgIpc) is 0.762. The Labute approximate surface area is 705 Å². The topological polar surface area (TPSA) is 922 Å². The zero-order valence-electron chi connectivity index (χ0n) is 65.9. The van der Waals surface area contributed by atoms with Gasteiger partial charge < -0.3 is 279 Å². The van der Waals surface area contributed by atoms with E-state index in [1.807, 2.05) is 0 Å². The molecule has 57 heteroatoms. The first kappa shape index (κ1) is 104. The van der Waals surface area contributed by atoms with Crippen molar-refractivity contribution in [3.63, 3.8) is 0 Å². The number of hydrogen-bond donors (Lipinski definition) is 36. The molecule has 54 atom stereocenters. The Bertz CT molecular complexity index is 3200. The van der Waals surface area contributed by atoms with Gasteiger partial charge in [-0.25, -0.2) is 0 Å². The number of aliphatic hydroxyl groups is 35. The summed E-state index contributed by atoms with van der Waals surface area (Å²) in [6, 6.07) is -1.81. The van der Waals surface area contributed by atoms with Crippen LogP contribution in [-0.4, -0.2) is 595 Å². The van der Waals surface area contributed by atoms with E-state index in [1.54, 1.807) is 0 Å². The molecule has 0 aromatic heterocycles. The molecule has 0 unspecified atom stereocenters. The zero-order valence-corrected chi connectivity index (χ0v) is 65.9. The van der Waals surface area contributed by atoms with Crippen LogP contribution >= 0.6 is 0 Å². The molecule has 730 valence electrons. The summed E-state index contributed by atoms with van der Waals surface area (Å²) in [6.07, 6.45) is -120. The van der Waals surface area contributed by atoms with Crippen LogP contribution < -0.4 is 5.32 Å². The molecule has 0 radical (unpaired) electrons. The fraction of sp³-hybridized carbons (Fsp3) is 0.985. The average molecular weight is 1840 g/mol. The van der Waals surface area contributed by atoms with Gasteiger partial charge >= 0.3 is 0 Å². The van der Waals surface area contributed by atoms with E-state index in [0.29, 0.717) is 0 Å². The van der Waals surface area contributed by atoms with Crippen LogP contribution in [0.1, 0.15) is 6.92 Å². The van der Waals surface area contributed by atoms with Crippen LogP contribution in [0.25, 0.3) is 0 Å². The monoisotopic (exact) mass is 1840 g/mol. The molecule has 10 heterocycles. The number of hydrogen-bond acceptors (Lipinski definition) is 56. The fourth-order valence-electron chi connectivity index (χ4n) is 15.6. The van der Waals surface area contributed by atoms with Gasteiger partial charge in [-0.05, 0) is 0 Å². The van der Waals surface area contributed by atoms with Crippen LogP contribution in [0.4, 0.5) is 0 Å². The minimum atomic E-state index is -2.68. The summed E-state index contributed by atoms with van der Waals surface area (Å²) in [7, 11) is 0. The molecule has 36 N–H and O–H groups in total. The maximum atomic E-state index is 12.6. The molecule has 125 heavy (non-hydrogen) atoms. The van der Waals surface area contributed by atoms with Crippen LogP contribution in [0.3, 0.4) is 0 Å². The number of ether oxygens (including phenoxy) is 20. The van der Waals surface area contributed by atoms with Gasteiger partial charge in [0, 0.05) is 6.92 Å². The summed E-state index contributed by atoms with van der Waals surface area (Å²) in [5, 5.41) is 389. The van der Waals surface area contributed by atoms with Gasteiger partial charge in [0.1, 0.15) is 262 Å². The fourth-order valence-corrected chi connectivity index (χ4v) is 15.6. The largest absolute Gasteiger partial charge is 0.394 e. The standard InChI is InChI=1S/C68H117NO56/c1-14(80)69-15(2-70)27(82)51(16(81)3-71)118-63-50(105)53(37(92)26(117-63)13-107-60-49(104)52(119-61-47(102)39(94)29(84)18(5-73)109-61)36(91)25(116-60)12-106-59-46(101)38(93)28(83)17(4-72)108-59)120-64-55(42(97)32(87)20(7-75)111-64)122-66-57(44(99)34(89)22(9-77)113-66)124-68-58(45(100)35(90)24(11-79)115-68)125-67-56(43(98)33(88)23(10-78)114-67)123-65-54(41(96)31(86)21(8-76)112-65)121-62-48(103)40(95)30(85)19(6-74)110-62/h15-68,70-79,81-105H,2-13H2,1H3,(H,69,80)/t15-,16+,17+,18+,19+,20+,21+,22+,23+,24+,25+,26+,27+,28+,29+,30+,31+,32+,33+,34+,35+,36+,37+,38-,39-,40-,41-,42-,43-,44-,45-,46-,47-,48+,49-,50-,51+,52-,53-,54+,55-,56+,57-,58-,59-,60-,61+,62-,63-,64+,65-,66+,67-,68+/m0/s1. The zero-order chi connectivity index (χ0) is 92.1. The lowest BCUT2D eigenvalue weighted by atomic mass is 9.95. The maximum absolute atomic E-state index is 12.6. The van der Waals surface area contributed by atoms with E-state index in [1.165, 1.54) is 0 Å². The normalized spacial score (nSPS) is 50.0. The molecular weight excluding hydrogens is 1730 g/mol. The Morgan fingerprint density at radius 2 is 0.480 bits per heavy atom. The second kappa shape index (κ2) is 46.0. The molecule has 0 aromatic carbocycles. The third-order valence-corrected chi connectivity index (χ3v) is 23.0. The minimum absolute atomic E-state index is 0.917. The summed E-state index contributed by atoms with van der Waals surface area (Å²) >= 11 is 0. The number of nitrogens with one attached hydrogen (secondary N) is 1. The van der Waals surface area contributed by atoms with E-state index in [4.69, 9.17) is 94.7 Å². The molecule has 10 fully saturated rings. The van der Waals surface area contributed by atoms with Crippen molar-refractivity contribution >= 4 is 5.91 Å². The molecule has 0 spiro atoms. The third kappa shape index (κ3) is 22.8. The molecule has 57 nitrogen and oxygen atoms in total. The molecule has 10 aliphatic rings. The molecule has 10 aliphatic heterocycles. The summed E-state index contributed by atoms with van der Waals surface area (Å²) in [6.45, 7) is -13.1. The number of rotatable bonds is 36. The first-order valence-electron chi connectivity index (χ1n) is 39.6. The highest BCUT2D eigenvalue weighted by molar-refractivity contribution is 5.73. The number of carbonyl (C=O) groups excluding carboxylic acids is 1. The number of aliphatic hydroxyl groups excluding tert-OH is 35. The Morgan fingerprint density at radius 3 is 0.760 bits per heavy atom. The van der Waals surface area contributed by atoms with Gasteiger partial charge in [0.25, 0.3) is 0 Å². The smallest absolute Gasteiger partial charge is 0.217 e. The van der Waals surface area contributed by atoms with Crippen molar-refractivity contribution in [2.24, 2.45) is 0 Å². The van der Waals surface area contributed by atoms with Gasteiger partial charge in [-0.1, -0.05) is 0 Å². The van der Waals surface area contributed by atoms with Crippen molar-refractivity contribution in [1.29, 1.82) is 0 Å². The quantitative estimate of drug-likeness (QED) is 0.0277. The summed E-state index contributed by atoms with van der Waals surface area (Å²) in [4.78, 5) is 12.3. The SMILES string of the molecule is CC(=O)N[C@@H](CO)[C@@H](O)[C@H](O[C@@H]1O[C@H](CO[C@H]2O[C@H](CO[C@H]3O[C@H](CO)[C@@H](O)[C@H](O)[C@@H]3O)[C@@H](O)[C@H](O[C@H]3O[C@H](CO)[C@@H](O)[C@H](O)[C@@H]3O)[C@@H]2O)[C@@H](O)[C@H](O[C@H]2O[C@H](CO)[C@@H](O)[C@H](O)[C@@H]2O[C@H]2O[C@H](CO)[C@@H](O)[C@H](O)[C@@H]2O[C@H]2O[C@H](CO)[C@@H](O)[C@H](O)[C@@H]2O[C@@H]2O[C@H](CO)[C@@H](O)[C@H](O)[C@H]2O[C@@H]2O[C@H](CO)[C@@H](O)[C@H](O)[C@H]2O[C@@H]2O[C@H](CO)[C@@H](O)[C@H](O)[C@H]2O)[C@@H]1O)[C@H](O)CO. The minimum Gasteiger partial charge on any atom is -0.394 e. The molecule has 0 bridgehead atoms. The van der Waals surface area contributed by atoms with Gasteiger partial charge in [-0.15, -0.1) is 0 Å². The second-order valence-electron chi connectivity index (χ2n) is 31.4. The van der Waals surface area contributed by atoms with E-state index in [2.05, 4.69) is 5.32 Å². The third-order valence-electron chi connectivity index (χ3n) is 23.0. The highest BCUT2D eigenvalue weighted by Crippen LogP contribution is 2.42. The molecule has 10 saturated heterocycles. The van der Waals surface area contributed by atoms with Gasteiger partial charge in [0.05, 0.1) is 85.3 Å². The lowest BCUT2D eigenvalue weighted by molar-refractivity contribution is -0.420. The van der Waals surface area contributed by atoms with Crippen LogP contribution in [-0.2, 0) is 99.5 Å². The molecule has 1 amide bonds. The maximum Gasteiger partial charge on any atom is 0.217 e. The first-order chi connectivity index (χ1) is 59.2. The first-order valence-corrected chi connectivity index (χ1v) is 39.6. The molecule has 10 rings (SSSR count). The van der Waals surface area contributed by atoms with E-state index in [9.17, 15) is 184 Å². The van der Waals surface area contributed by atoms with E-state index < -0.39 is 417 Å². The van der Waals surface area contributed by atoms with E-state index in [-0.39, 0.29) is 0 Å². The van der Waals surface area contributed by atoms with Gasteiger partial charge in [0.2, 0.25) is 5.91 Å². The van der Waals surface area contributed by atoms with Crippen molar-refractivity contribution in [3.05, 3.63) is 0 Å². The van der Waals surface area contributed by atoms with E-state index in [0.717, 1.165) is 6.92 Å². The predicted molar refractivity (Wildman–Crippen MR) is 376 cm³/mol. The Balaban J connectivity index is 0.975. The lowest BCUT2D eigenvalue weighted by Crippen LogP contribution is -2.69. The molecule has 0 saturated carbocycles. The Kier molecular flexibility index (Phi) is 38.4. The number of amides is 1. The van der Waals surface area contributed by atoms with Crippen molar-refractivity contribution in [2.45, 2.75) is 338 Å². The van der Waals surface area contributed by atoms with Crippen LogP contribution in [0, 0.1) is 0 Å². The Morgan fingerprint density at radius 1 is 0.256 bits per heavy atom. The van der Waals surface area contributed by atoms with Gasteiger partial charge in [0.15, 0.2) is 62.9 Å². The van der Waals surface area contributed by atoms with Crippen molar-refractivity contribution in [3.8, 4) is 0 Å². The molecule has 0 aromatic rings. The van der Waals surface area contributed by atoms with Crippen LogP contribution in [0.5, 0.6) is 0 Å². The predicted octanol–water partition coefficient (Wildman–Crippen LogP) is -25.2. The van der Waals surface area contributed by atoms with Gasteiger partial charge in [-0.2, -0.15) is 0 Å². The highest BCUT2D eigenvalue weighted by atomic mass is 16.8. The molecular formula is C68H117NO56. The Hall–Kier alpha value is -2.73. The van der Waals surface area contributed by atoms with Crippen molar-refractivity contribution in [2.75, 3.05) is 79.3 Å². The van der Waals surface area contributed by atoms with Gasteiger partial charge in [-0.3, -0.25) is 4.79 Å². The summed E-state index contributed by atoms with van der Waals surface area (Å²) in [5.41, 5.74) is 0. The van der Waals surface area contributed by atoms with Crippen molar-refractivity contribution < 1.29 is 278 Å². The summed E-state index contributed by atoms with van der Waals surface area (Å²) < 4.78 is 117. The van der Waals surface area contributed by atoms with Crippen molar-refractivity contribution in [1.82, 2.24) is 5.32 Å². The van der Waals surface area contributed by atoms with Crippen LogP contribution in [0.2, 0.25) is 0 Å². The summed E-state index contributed by atoms with van der Waals surface area (Å²) in [5.74, 6) is -0.917. The number of carbonyl (C=O) groups is 1. The molecule has 0 aliphatic carbocycles. The highest BCUT2D eigenvalue weighted by Gasteiger charge is 2.62. The van der Waals surface area contributed by atoms with Crippen LogP contribution in [0.15, 0.2) is 0 Å².